The van der Waals surface area contributed by atoms with E-state index in [1.54, 1.807) is 24.3 Å². The van der Waals surface area contributed by atoms with Gasteiger partial charge in [0.15, 0.2) is 5.78 Å². The summed E-state index contributed by atoms with van der Waals surface area (Å²) in [6.45, 7) is 13.1. The van der Waals surface area contributed by atoms with Gasteiger partial charge in [-0.1, -0.05) is 50.3 Å². The number of ketones is 1. The molecule has 4 nitrogen and oxygen atoms in total. The van der Waals surface area contributed by atoms with Gasteiger partial charge in [0.25, 0.3) is 0 Å². The van der Waals surface area contributed by atoms with Crippen molar-refractivity contribution in [1.29, 1.82) is 0 Å². The number of carboxylic acids is 1. The van der Waals surface area contributed by atoms with E-state index >= 15 is 0 Å². The number of nitrogens with zero attached hydrogens (tertiary/aromatic N) is 1. The zero-order valence-electron chi connectivity index (χ0n) is 14.6. The number of carbonyl (C=O) groups excluding carboxylic acids is 1. The molecule has 24 heavy (non-hydrogen) atoms. The van der Waals surface area contributed by atoms with Crippen molar-refractivity contribution in [2.75, 3.05) is 19.6 Å². The Labute approximate surface area is 144 Å². The summed E-state index contributed by atoms with van der Waals surface area (Å²) in [7, 11) is 0. The molecule has 0 aromatic heterocycles. The molecule has 0 bridgehead atoms. The van der Waals surface area contributed by atoms with Gasteiger partial charge in [-0.05, 0) is 11.5 Å². The predicted octanol–water partition coefficient (Wildman–Crippen LogP) is 3.76. The first-order valence-corrected chi connectivity index (χ1v) is 8.19. The normalized spacial score (nSPS) is 12.2. The molecule has 0 saturated heterocycles. The van der Waals surface area contributed by atoms with Crippen LogP contribution in [0, 0.1) is 5.92 Å². The molecule has 0 heterocycles. The molecule has 130 valence electrons. The summed E-state index contributed by atoms with van der Waals surface area (Å²) in [6, 6.07) is 7.44. The van der Waals surface area contributed by atoms with Crippen LogP contribution >= 0.6 is 0 Å². The molecule has 0 spiro atoms. The fourth-order valence-corrected chi connectivity index (χ4v) is 2.62. The van der Waals surface area contributed by atoms with Crippen molar-refractivity contribution in [3.05, 3.63) is 60.7 Å². The minimum absolute atomic E-state index is 0.133. The van der Waals surface area contributed by atoms with E-state index < -0.39 is 11.9 Å². The second-order valence-corrected chi connectivity index (χ2v) is 6.23. The van der Waals surface area contributed by atoms with Crippen LogP contribution in [0.15, 0.2) is 49.6 Å². The molecule has 0 amide bonds. The lowest BCUT2D eigenvalue weighted by Crippen LogP contribution is -2.35. The monoisotopic (exact) mass is 329 g/mol. The average molecular weight is 329 g/mol. The fraction of sp³-hybridized carbons (Fsp3) is 0.400. The first kappa shape index (κ1) is 19.8. The largest absolute Gasteiger partial charge is 0.481 e. The van der Waals surface area contributed by atoms with Gasteiger partial charge in [0, 0.05) is 31.1 Å². The number of benzene rings is 1. The van der Waals surface area contributed by atoms with Crippen LogP contribution in [0.2, 0.25) is 0 Å². The number of carbonyl (C=O) groups is 2. The van der Waals surface area contributed by atoms with Gasteiger partial charge in [0.2, 0.25) is 0 Å². The van der Waals surface area contributed by atoms with E-state index in [0.717, 1.165) is 5.56 Å². The maximum atomic E-state index is 12.8. The molecular formula is C20H27NO3. The number of hydrogen-bond donors (Lipinski definition) is 1. The summed E-state index contributed by atoms with van der Waals surface area (Å²) in [5.74, 6) is -1.30. The minimum atomic E-state index is -0.968. The van der Waals surface area contributed by atoms with Crippen LogP contribution in [-0.2, 0) is 4.79 Å². The van der Waals surface area contributed by atoms with Gasteiger partial charge in [-0.25, -0.2) is 0 Å². The van der Waals surface area contributed by atoms with Gasteiger partial charge < -0.3 is 5.11 Å². The van der Waals surface area contributed by atoms with E-state index in [0.29, 0.717) is 31.1 Å². The molecule has 1 atom stereocenters. The lowest BCUT2D eigenvalue weighted by atomic mass is 9.92. The van der Waals surface area contributed by atoms with Crippen LogP contribution in [0.3, 0.4) is 0 Å². The van der Waals surface area contributed by atoms with Gasteiger partial charge in [-0.3, -0.25) is 14.5 Å². The molecule has 0 saturated carbocycles. The number of carboxylic acid groups (broad SMARTS) is 1. The molecule has 1 aromatic rings. The third kappa shape index (κ3) is 6.13. The van der Waals surface area contributed by atoms with Gasteiger partial charge in [-0.15, -0.1) is 13.2 Å². The highest BCUT2D eigenvalue weighted by Crippen LogP contribution is 2.19. The quantitative estimate of drug-likeness (QED) is 0.496. The van der Waals surface area contributed by atoms with Crippen molar-refractivity contribution in [1.82, 2.24) is 4.90 Å². The van der Waals surface area contributed by atoms with E-state index in [9.17, 15) is 9.59 Å². The lowest BCUT2D eigenvalue weighted by Gasteiger charge is -2.24. The van der Waals surface area contributed by atoms with E-state index in [1.165, 1.54) is 0 Å². The van der Waals surface area contributed by atoms with Crippen molar-refractivity contribution in [3.8, 4) is 0 Å². The van der Waals surface area contributed by atoms with Gasteiger partial charge in [0.05, 0.1) is 6.42 Å². The Bertz CT molecular complexity index is 565. The molecule has 1 aromatic carbocycles. The first-order chi connectivity index (χ1) is 11.4. The second-order valence-electron chi connectivity index (χ2n) is 6.23. The summed E-state index contributed by atoms with van der Waals surface area (Å²) < 4.78 is 0. The van der Waals surface area contributed by atoms with Crippen molar-refractivity contribution in [3.63, 3.8) is 0 Å². The van der Waals surface area contributed by atoms with E-state index in [4.69, 9.17) is 5.11 Å². The van der Waals surface area contributed by atoms with Crippen molar-refractivity contribution >= 4 is 11.8 Å². The topological polar surface area (TPSA) is 57.6 Å². The van der Waals surface area contributed by atoms with Crippen LogP contribution in [0.4, 0.5) is 0 Å². The second kappa shape index (κ2) is 9.83. The Morgan fingerprint density at radius 1 is 1.12 bits per heavy atom. The third-order valence-corrected chi connectivity index (χ3v) is 3.91. The fourth-order valence-electron chi connectivity index (χ4n) is 2.62. The Kier molecular flexibility index (Phi) is 8.13. The smallest absolute Gasteiger partial charge is 0.304 e. The zero-order chi connectivity index (χ0) is 18.1. The number of hydrogen-bond acceptors (Lipinski definition) is 3. The molecule has 0 aliphatic rings. The average Bonchev–Trinajstić information content (AvgIpc) is 2.53. The van der Waals surface area contributed by atoms with Crippen LogP contribution in [0.5, 0.6) is 0 Å². The standard InChI is InChI=1S/C20H27NO3/c1-5-11-21(12-6-2)14-18(13-19(22)23)20(24)17-9-7-16(8-10-17)15(3)4/h5-10,15,18H,1-2,11-14H2,3-4H3,(H,22,23). The molecule has 0 radical (unpaired) electrons. The van der Waals surface area contributed by atoms with Crippen LogP contribution in [0.1, 0.15) is 42.1 Å². The van der Waals surface area contributed by atoms with E-state index in [-0.39, 0.29) is 12.2 Å². The Morgan fingerprint density at radius 3 is 2.08 bits per heavy atom. The van der Waals surface area contributed by atoms with Gasteiger partial charge in [-0.2, -0.15) is 0 Å². The highest BCUT2D eigenvalue weighted by atomic mass is 16.4. The van der Waals surface area contributed by atoms with Crippen LogP contribution < -0.4 is 0 Å². The highest BCUT2D eigenvalue weighted by Gasteiger charge is 2.25. The number of rotatable bonds is 11. The van der Waals surface area contributed by atoms with Crippen molar-refractivity contribution < 1.29 is 14.7 Å². The molecule has 4 heteroatoms. The van der Waals surface area contributed by atoms with E-state index in [1.807, 2.05) is 17.0 Å². The molecule has 0 aliphatic heterocycles. The minimum Gasteiger partial charge on any atom is -0.481 e. The van der Waals surface area contributed by atoms with Gasteiger partial charge in [0.1, 0.15) is 0 Å². The summed E-state index contributed by atoms with van der Waals surface area (Å²) in [5, 5.41) is 9.16. The molecular weight excluding hydrogens is 302 g/mol. The Hall–Kier alpha value is -2.20. The van der Waals surface area contributed by atoms with Crippen molar-refractivity contribution in [2.24, 2.45) is 5.92 Å². The molecule has 0 aliphatic carbocycles. The molecule has 1 N–H and O–H groups in total. The van der Waals surface area contributed by atoms with Crippen LogP contribution in [0.25, 0.3) is 0 Å². The maximum absolute atomic E-state index is 12.8. The third-order valence-electron chi connectivity index (χ3n) is 3.91. The number of aliphatic carboxylic acids is 1. The molecule has 0 fully saturated rings. The number of Topliss-reactive ketones (excluding diaryl/α,β-unsaturated/α-hetero) is 1. The summed E-state index contributed by atoms with van der Waals surface area (Å²) >= 11 is 0. The zero-order valence-corrected chi connectivity index (χ0v) is 14.6. The summed E-state index contributed by atoms with van der Waals surface area (Å²) in [5.41, 5.74) is 1.71. The van der Waals surface area contributed by atoms with Crippen LogP contribution in [-0.4, -0.2) is 41.4 Å². The van der Waals surface area contributed by atoms with E-state index in [2.05, 4.69) is 27.0 Å². The molecule has 1 rings (SSSR count). The summed E-state index contributed by atoms with van der Waals surface area (Å²) in [4.78, 5) is 25.9. The summed E-state index contributed by atoms with van der Waals surface area (Å²) in [6.07, 6.45) is 3.29. The Balaban J connectivity index is 2.96. The van der Waals surface area contributed by atoms with Gasteiger partial charge >= 0.3 is 5.97 Å². The maximum Gasteiger partial charge on any atom is 0.304 e. The predicted molar refractivity (Wildman–Crippen MR) is 97.4 cm³/mol. The molecule has 1 unspecified atom stereocenters. The first-order valence-electron chi connectivity index (χ1n) is 8.19. The highest BCUT2D eigenvalue weighted by molar-refractivity contribution is 5.99. The lowest BCUT2D eigenvalue weighted by molar-refractivity contribution is -0.137. The Morgan fingerprint density at radius 2 is 1.67 bits per heavy atom. The van der Waals surface area contributed by atoms with Crippen molar-refractivity contribution in [2.45, 2.75) is 26.2 Å². The SMILES string of the molecule is C=CCN(CC=C)CC(CC(=O)O)C(=O)c1ccc(C(C)C)cc1.